The van der Waals surface area contributed by atoms with Gasteiger partial charge in [-0.2, -0.15) is 0 Å². The maximum Gasteiger partial charge on any atom is 0.331 e. The highest BCUT2D eigenvalue weighted by Crippen LogP contribution is 2.30. The molecular weight excluding hydrogens is 504 g/mol. The summed E-state index contributed by atoms with van der Waals surface area (Å²) in [5.74, 6) is -0.148. The molecule has 2 N–H and O–H groups in total. The highest BCUT2D eigenvalue weighted by atomic mass is 16.5. The maximum atomic E-state index is 13.5. The second kappa shape index (κ2) is 12.2. The Morgan fingerprint density at radius 3 is 2.41 bits per heavy atom. The lowest BCUT2D eigenvalue weighted by Crippen LogP contribution is -2.43. The minimum Gasteiger partial charge on any atom is -0.493 e. The summed E-state index contributed by atoms with van der Waals surface area (Å²) >= 11 is 0. The van der Waals surface area contributed by atoms with Crippen LogP contribution in [-0.4, -0.2) is 54.4 Å². The van der Waals surface area contributed by atoms with Gasteiger partial charge >= 0.3 is 5.69 Å². The molecule has 11 heteroatoms. The van der Waals surface area contributed by atoms with Crippen LogP contribution < -0.4 is 31.4 Å². The second-order valence-corrected chi connectivity index (χ2v) is 9.59. The van der Waals surface area contributed by atoms with Gasteiger partial charge in [0.15, 0.2) is 11.5 Å². The number of benzene rings is 2. The largest absolute Gasteiger partial charge is 0.493 e. The van der Waals surface area contributed by atoms with Crippen molar-refractivity contribution >= 4 is 28.4 Å². The molecule has 1 saturated heterocycles. The number of aromatic nitrogens is 2. The summed E-state index contributed by atoms with van der Waals surface area (Å²) in [6.07, 6.45) is 1.73. The van der Waals surface area contributed by atoms with Crippen LogP contribution in [0.15, 0.2) is 39.9 Å². The van der Waals surface area contributed by atoms with Crippen molar-refractivity contribution in [2.75, 3.05) is 32.7 Å². The Labute approximate surface area is 225 Å². The Hall–Kier alpha value is -4.12. The average molecular weight is 539 g/mol. The molecule has 208 valence electrons. The molecule has 39 heavy (non-hydrogen) atoms. The van der Waals surface area contributed by atoms with E-state index in [0.29, 0.717) is 30.3 Å². The zero-order valence-corrected chi connectivity index (χ0v) is 22.7. The number of methoxy groups -OCH3 is 2. The third-order valence-corrected chi connectivity index (χ3v) is 6.94. The minimum absolute atomic E-state index is 0.0205. The first-order valence-electron chi connectivity index (χ1n) is 12.9. The van der Waals surface area contributed by atoms with Crippen LogP contribution in [0.3, 0.4) is 0 Å². The molecule has 2 amide bonds. The van der Waals surface area contributed by atoms with Crippen LogP contribution in [0, 0.1) is 13.8 Å². The molecule has 1 fully saturated rings. The first kappa shape index (κ1) is 27.9. The lowest BCUT2D eigenvalue weighted by atomic mass is 10.1. The van der Waals surface area contributed by atoms with Crippen molar-refractivity contribution in [3.05, 3.63) is 62.3 Å². The van der Waals surface area contributed by atoms with E-state index in [1.165, 1.54) is 30.9 Å². The zero-order chi connectivity index (χ0) is 28.1. The van der Waals surface area contributed by atoms with Crippen LogP contribution in [0.25, 0.3) is 10.9 Å². The first-order chi connectivity index (χ1) is 18.7. The third-order valence-electron chi connectivity index (χ3n) is 6.94. The van der Waals surface area contributed by atoms with E-state index >= 15 is 0 Å². The van der Waals surface area contributed by atoms with Gasteiger partial charge in [0, 0.05) is 37.9 Å². The summed E-state index contributed by atoms with van der Waals surface area (Å²) in [7, 11) is 2.88. The summed E-state index contributed by atoms with van der Waals surface area (Å²) in [6.45, 7) is 4.46. The van der Waals surface area contributed by atoms with Crippen LogP contribution in [0.2, 0.25) is 0 Å². The molecule has 0 radical (unpaired) electrons. The van der Waals surface area contributed by atoms with Gasteiger partial charge in [0.05, 0.1) is 31.2 Å². The molecule has 0 unspecified atom stereocenters. The van der Waals surface area contributed by atoms with Crippen molar-refractivity contribution < 1.29 is 23.8 Å². The van der Waals surface area contributed by atoms with Crippen LogP contribution in [-0.2, 0) is 27.4 Å². The van der Waals surface area contributed by atoms with E-state index in [0.717, 1.165) is 28.5 Å². The lowest BCUT2D eigenvalue weighted by Gasteiger charge is -2.17. The van der Waals surface area contributed by atoms with Gasteiger partial charge in [0.2, 0.25) is 11.8 Å². The smallest absolute Gasteiger partial charge is 0.331 e. The molecule has 1 atom stereocenters. The maximum absolute atomic E-state index is 13.5. The van der Waals surface area contributed by atoms with Crippen molar-refractivity contribution in [3.63, 3.8) is 0 Å². The Morgan fingerprint density at radius 2 is 1.74 bits per heavy atom. The highest BCUT2D eigenvalue weighted by Gasteiger charge is 2.20. The minimum atomic E-state index is -0.707. The molecule has 0 aliphatic carbocycles. The summed E-state index contributed by atoms with van der Waals surface area (Å²) in [6, 6.07) is 8.50. The predicted molar refractivity (Wildman–Crippen MR) is 147 cm³/mol. The summed E-state index contributed by atoms with van der Waals surface area (Å²) in [5, 5.41) is 5.77. The number of anilines is 1. The Balaban J connectivity index is 1.66. The molecule has 3 aromatic rings. The van der Waals surface area contributed by atoms with Crippen LogP contribution in [0.4, 0.5) is 5.69 Å². The van der Waals surface area contributed by atoms with Crippen molar-refractivity contribution in [1.82, 2.24) is 14.5 Å². The van der Waals surface area contributed by atoms with Crippen molar-refractivity contribution in [2.45, 2.75) is 52.3 Å². The molecule has 2 heterocycles. The van der Waals surface area contributed by atoms with Crippen molar-refractivity contribution in [3.8, 4) is 11.5 Å². The number of ether oxygens (including phenoxy) is 3. The molecule has 0 saturated carbocycles. The van der Waals surface area contributed by atoms with Gasteiger partial charge in [-0.3, -0.25) is 23.5 Å². The lowest BCUT2D eigenvalue weighted by molar-refractivity contribution is -0.122. The molecule has 11 nitrogen and oxygen atoms in total. The quantitative estimate of drug-likeness (QED) is 0.404. The van der Waals surface area contributed by atoms with E-state index in [1.54, 1.807) is 6.07 Å². The number of carbonyl (C=O) groups excluding carboxylic acids is 2. The molecular formula is C28H34N4O7. The molecule has 1 aromatic heterocycles. The van der Waals surface area contributed by atoms with E-state index in [4.69, 9.17) is 14.2 Å². The van der Waals surface area contributed by atoms with Crippen LogP contribution >= 0.6 is 0 Å². The third kappa shape index (κ3) is 6.31. The van der Waals surface area contributed by atoms with Crippen LogP contribution in [0.5, 0.6) is 11.5 Å². The predicted octanol–water partition coefficient (Wildman–Crippen LogP) is 2.12. The monoisotopic (exact) mass is 538 g/mol. The molecule has 4 rings (SSSR count). The number of nitrogens with zero attached hydrogens (tertiary/aromatic N) is 2. The van der Waals surface area contributed by atoms with Gasteiger partial charge in [-0.05, 0) is 56.0 Å². The van der Waals surface area contributed by atoms with Crippen molar-refractivity contribution in [1.29, 1.82) is 0 Å². The zero-order valence-electron chi connectivity index (χ0n) is 22.7. The number of amides is 2. The van der Waals surface area contributed by atoms with Gasteiger partial charge in [-0.25, -0.2) is 4.79 Å². The topological polar surface area (TPSA) is 130 Å². The fourth-order valence-corrected chi connectivity index (χ4v) is 4.59. The number of fused-ring (bicyclic) bond motifs is 1. The fourth-order valence-electron chi connectivity index (χ4n) is 4.59. The molecule has 0 bridgehead atoms. The van der Waals surface area contributed by atoms with E-state index < -0.39 is 17.2 Å². The molecule has 1 aliphatic heterocycles. The summed E-state index contributed by atoms with van der Waals surface area (Å²) < 4.78 is 18.4. The number of rotatable bonds is 10. The normalized spacial score (nSPS) is 14.8. The second-order valence-electron chi connectivity index (χ2n) is 9.59. The number of hydrogen-bond donors (Lipinski definition) is 2. The molecule has 1 aliphatic rings. The first-order valence-corrected chi connectivity index (χ1v) is 12.9. The molecule has 0 spiro atoms. The number of nitrogens with one attached hydrogen (secondary N) is 2. The number of carbonyl (C=O) groups is 2. The van der Waals surface area contributed by atoms with Gasteiger partial charge in [-0.1, -0.05) is 6.07 Å². The summed E-state index contributed by atoms with van der Waals surface area (Å²) in [4.78, 5) is 52.4. The van der Waals surface area contributed by atoms with Gasteiger partial charge in [0.1, 0.15) is 6.54 Å². The van der Waals surface area contributed by atoms with Crippen molar-refractivity contribution in [2.24, 2.45) is 0 Å². The van der Waals surface area contributed by atoms with Gasteiger partial charge in [-0.15, -0.1) is 0 Å². The SMILES string of the molecule is COc1cc2c(=O)n(CCC(=O)NC[C@@H]3CCCO3)c(=O)n(CC(=O)Nc3ccc(C)c(C)c3)c2cc1OC. The Morgan fingerprint density at radius 1 is 1.00 bits per heavy atom. The fraction of sp³-hybridized carbons (Fsp3) is 0.429. The Bertz CT molecular complexity index is 1500. The summed E-state index contributed by atoms with van der Waals surface area (Å²) in [5.41, 5.74) is 1.62. The van der Waals surface area contributed by atoms with E-state index in [1.807, 2.05) is 26.0 Å². The van der Waals surface area contributed by atoms with Gasteiger partial charge < -0.3 is 24.8 Å². The standard InChI is InChI=1S/C28H34N4O7/c1-17-7-8-19(12-18(17)2)30-26(34)16-32-22-14-24(38-4)23(37-3)13-21(22)27(35)31(28(32)36)10-9-25(33)29-15-20-6-5-11-39-20/h7-8,12-14,20H,5-6,9-11,15-16H2,1-4H3,(H,29,33)(H,30,34)/t20-/m0/s1. The van der Waals surface area contributed by atoms with Crippen LogP contribution in [0.1, 0.15) is 30.4 Å². The van der Waals surface area contributed by atoms with E-state index in [2.05, 4.69) is 10.6 Å². The highest BCUT2D eigenvalue weighted by molar-refractivity contribution is 5.92. The van der Waals surface area contributed by atoms with E-state index in [-0.39, 0.29) is 42.4 Å². The Kier molecular flexibility index (Phi) is 8.70. The number of hydrogen-bond acceptors (Lipinski definition) is 7. The average Bonchev–Trinajstić information content (AvgIpc) is 3.45. The molecule has 2 aromatic carbocycles. The van der Waals surface area contributed by atoms with E-state index in [9.17, 15) is 19.2 Å². The number of aryl methyl sites for hydroxylation is 2. The van der Waals surface area contributed by atoms with Gasteiger partial charge in [0.25, 0.3) is 5.56 Å².